The van der Waals surface area contributed by atoms with Crippen molar-refractivity contribution in [3.8, 4) is 11.4 Å². The first-order valence-corrected chi connectivity index (χ1v) is 6.89. The van der Waals surface area contributed by atoms with Crippen molar-refractivity contribution < 1.29 is 0 Å². The van der Waals surface area contributed by atoms with E-state index in [0.717, 1.165) is 28.1 Å². The fourth-order valence-corrected chi connectivity index (χ4v) is 2.66. The van der Waals surface area contributed by atoms with Crippen LogP contribution < -0.4 is 5.73 Å². The topological polar surface area (TPSA) is 56.2 Å². The molecular weight excluding hydrogens is 260 g/mol. The van der Waals surface area contributed by atoms with Gasteiger partial charge in [0.05, 0.1) is 5.52 Å². The van der Waals surface area contributed by atoms with E-state index in [1.54, 1.807) is 0 Å². The second-order valence-corrected chi connectivity index (χ2v) is 5.01. The summed E-state index contributed by atoms with van der Waals surface area (Å²) in [6.45, 7) is 0.519. The van der Waals surface area contributed by atoms with E-state index >= 15 is 0 Å². The lowest BCUT2D eigenvalue weighted by Gasteiger charge is -2.06. The van der Waals surface area contributed by atoms with Crippen LogP contribution in [0.3, 0.4) is 0 Å². The monoisotopic (exact) mass is 274 g/mol. The van der Waals surface area contributed by atoms with Crippen molar-refractivity contribution >= 4 is 16.6 Å². The highest BCUT2D eigenvalue weighted by atomic mass is 15.2. The Balaban J connectivity index is 2.06. The van der Waals surface area contributed by atoms with Crippen LogP contribution in [0.1, 0.15) is 5.56 Å². The van der Waals surface area contributed by atoms with Crippen LogP contribution in [0, 0.1) is 0 Å². The number of para-hydroxylation sites is 1. The SMILES string of the molecule is NCc1cccc(-c2nnc3ccc4ccccc4n23)c1. The summed E-state index contributed by atoms with van der Waals surface area (Å²) in [6.07, 6.45) is 0. The Morgan fingerprint density at radius 2 is 1.81 bits per heavy atom. The largest absolute Gasteiger partial charge is 0.326 e. The Morgan fingerprint density at radius 3 is 2.71 bits per heavy atom. The van der Waals surface area contributed by atoms with Gasteiger partial charge >= 0.3 is 0 Å². The smallest absolute Gasteiger partial charge is 0.168 e. The highest BCUT2D eigenvalue weighted by Gasteiger charge is 2.10. The van der Waals surface area contributed by atoms with Crippen LogP contribution in [0.15, 0.2) is 60.7 Å². The minimum atomic E-state index is 0.519. The summed E-state index contributed by atoms with van der Waals surface area (Å²) in [5.74, 6) is 0.845. The molecule has 0 amide bonds. The molecule has 102 valence electrons. The number of hydrogen-bond acceptors (Lipinski definition) is 3. The van der Waals surface area contributed by atoms with Crippen molar-refractivity contribution in [1.29, 1.82) is 0 Å². The van der Waals surface area contributed by atoms with Crippen molar-refractivity contribution in [2.75, 3.05) is 0 Å². The third kappa shape index (κ3) is 1.88. The summed E-state index contributed by atoms with van der Waals surface area (Å²) in [5.41, 5.74) is 9.80. The van der Waals surface area contributed by atoms with Gasteiger partial charge in [-0.05, 0) is 35.2 Å². The maximum absolute atomic E-state index is 5.73. The number of nitrogens with two attached hydrogens (primary N) is 1. The quantitative estimate of drug-likeness (QED) is 0.611. The molecular formula is C17H14N4. The molecule has 0 aliphatic rings. The molecule has 2 aromatic carbocycles. The van der Waals surface area contributed by atoms with Gasteiger partial charge in [0.1, 0.15) is 0 Å². The fraction of sp³-hybridized carbons (Fsp3) is 0.0588. The van der Waals surface area contributed by atoms with Crippen LogP contribution in [0.4, 0.5) is 0 Å². The molecule has 0 radical (unpaired) electrons. The zero-order valence-corrected chi connectivity index (χ0v) is 11.4. The van der Waals surface area contributed by atoms with Gasteiger partial charge in [0, 0.05) is 12.1 Å². The van der Waals surface area contributed by atoms with E-state index in [2.05, 4.69) is 38.9 Å². The zero-order chi connectivity index (χ0) is 14.2. The number of pyridine rings is 1. The molecule has 4 aromatic rings. The van der Waals surface area contributed by atoms with Gasteiger partial charge in [-0.3, -0.25) is 4.40 Å². The Morgan fingerprint density at radius 1 is 0.905 bits per heavy atom. The summed E-state index contributed by atoms with van der Waals surface area (Å²) < 4.78 is 2.09. The van der Waals surface area contributed by atoms with Gasteiger partial charge < -0.3 is 5.73 Å². The minimum Gasteiger partial charge on any atom is -0.326 e. The molecule has 4 nitrogen and oxygen atoms in total. The van der Waals surface area contributed by atoms with E-state index in [1.807, 2.05) is 36.4 Å². The molecule has 0 aliphatic carbocycles. The number of rotatable bonds is 2. The fourth-order valence-electron chi connectivity index (χ4n) is 2.66. The van der Waals surface area contributed by atoms with E-state index in [1.165, 1.54) is 5.39 Å². The van der Waals surface area contributed by atoms with Gasteiger partial charge in [0.25, 0.3) is 0 Å². The van der Waals surface area contributed by atoms with Crippen LogP contribution in [0.25, 0.3) is 27.9 Å². The van der Waals surface area contributed by atoms with E-state index in [0.29, 0.717) is 6.54 Å². The van der Waals surface area contributed by atoms with Gasteiger partial charge in [0.15, 0.2) is 11.5 Å². The Labute approximate surface area is 121 Å². The first-order chi connectivity index (χ1) is 10.4. The maximum atomic E-state index is 5.73. The minimum absolute atomic E-state index is 0.519. The third-order valence-corrected chi connectivity index (χ3v) is 3.70. The summed E-state index contributed by atoms with van der Waals surface area (Å²) >= 11 is 0. The Kier molecular flexibility index (Phi) is 2.69. The lowest BCUT2D eigenvalue weighted by Crippen LogP contribution is -1.97. The lowest BCUT2D eigenvalue weighted by molar-refractivity contribution is 1.07. The summed E-state index contributed by atoms with van der Waals surface area (Å²) in [6, 6.07) is 20.4. The summed E-state index contributed by atoms with van der Waals surface area (Å²) in [4.78, 5) is 0. The maximum Gasteiger partial charge on any atom is 0.168 e. The molecule has 4 heteroatoms. The van der Waals surface area contributed by atoms with Crippen molar-refractivity contribution in [2.24, 2.45) is 5.73 Å². The first-order valence-electron chi connectivity index (χ1n) is 6.89. The summed E-state index contributed by atoms with van der Waals surface area (Å²) in [7, 11) is 0. The molecule has 0 unspecified atom stereocenters. The van der Waals surface area contributed by atoms with E-state index in [9.17, 15) is 0 Å². The van der Waals surface area contributed by atoms with Crippen LogP contribution in [0.5, 0.6) is 0 Å². The molecule has 0 saturated heterocycles. The van der Waals surface area contributed by atoms with Gasteiger partial charge in [0.2, 0.25) is 0 Å². The average Bonchev–Trinajstić information content (AvgIpc) is 2.99. The molecule has 0 aliphatic heterocycles. The van der Waals surface area contributed by atoms with Gasteiger partial charge in [-0.15, -0.1) is 10.2 Å². The average molecular weight is 274 g/mol. The van der Waals surface area contributed by atoms with Gasteiger partial charge in [-0.25, -0.2) is 0 Å². The molecule has 21 heavy (non-hydrogen) atoms. The van der Waals surface area contributed by atoms with Crippen LogP contribution in [-0.2, 0) is 6.54 Å². The second-order valence-electron chi connectivity index (χ2n) is 5.01. The molecule has 2 heterocycles. The molecule has 0 spiro atoms. The molecule has 4 rings (SSSR count). The molecule has 0 fully saturated rings. The number of fused-ring (bicyclic) bond motifs is 3. The number of benzene rings is 2. The molecule has 0 saturated carbocycles. The molecule has 2 N–H and O–H groups in total. The van der Waals surface area contributed by atoms with Crippen molar-refractivity contribution in [2.45, 2.75) is 6.54 Å². The Bertz CT molecular complexity index is 940. The lowest BCUT2D eigenvalue weighted by atomic mass is 10.1. The molecule has 0 atom stereocenters. The standard InChI is InChI=1S/C17H14N4/c18-11-12-4-3-6-14(10-12)17-20-19-16-9-8-13-5-1-2-7-15(13)21(16)17/h1-10H,11,18H2. The van der Waals surface area contributed by atoms with Crippen LogP contribution in [-0.4, -0.2) is 14.6 Å². The molecule has 2 aromatic heterocycles. The highest BCUT2D eigenvalue weighted by Crippen LogP contribution is 2.24. The van der Waals surface area contributed by atoms with E-state index < -0.39 is 0 Å². The third-order valence-electron chi connectivity index (χ3n) is 3.70. The predicted octanol–water partition coefficient (Wildman–Crippen LogP) is 3.01. The van der Waals surface area contributed by atoms with Crippen molar-refractivity contribution in [3.63, 3.8) is 0 Å². The van der Waals surface area contributed by atoms with Gasteiger partial charge in [-0.1, -0.05) is 36.4 Å². The normalized spacial score (nSPS) is 11.3. The van der Waals surface area contributed by atoms with E-state index in [4.69, 9.17) is 5.73 Å². The van der Waals surface area contributed by atoms with Crippen LogP contribution in [0.2, 0.25) is 0 Å². The van der Waals surface area contributed by atoms with Crippen LogP contribution >= 0.6 is 0 Å². The Hall–Kier alpha value is -2.72. The highest BCUT2D eigenvalue weighted by molar-refractivity contribution is 5.83. The predicted molar refractivity (Wildman–Crippen MR) is 83.8 cm³/mol. The van der Waals surface area contributed by atoms with E-state index in [-0.39, 0.29) is 0 Å². The number of hydrogen-bond donors (Lipinski definition) is 1. The summed E-state index contributed by atoms with van der Waals surface area (Å²) in [5, 5.41) is 9.81. The number of nitrogens with zero attached hydrogens (tertiary/aromatic N) is 3. The number of aromatic nitrogens is 3. The van der Waals surface area contributed by atoms with Gasteiger partial charge in [-0.2, -0.15) is 0 Å². The zero-order valence-electron chi connectivity index (χ0n) is 11.4. The second kappa shape index (κ2) is 4.68. The van der Waals surface area contributed by atoms with Crippen molar-refractivity contribution in [3.05, 3.63) is 66.2 Å². The van der Waals surface area contributed by atoms with Crippen molar-refractivity contribution in [1.82, 2.24) is 14.6 Å². The molecule has 0 bridgehead atoms. The first kappa shape index (κ1) is 12.1.